The fraction of sp³-hybridized carbons (Fsp3) is 0.0769. The number of hydrogen-bond donors (Lipinski definition) is 1. The minimum absolute atomic E-state index is 0.0597. The van der Waals surface area contributed by atoms with Gasteiger partial charge in [-0.25, -0.2) is 4.39 Å². The Morgan fingerprint density at radius 2 is 2.11 bits per heavy atom. The summed E-state index contributed by atoms with van der Waals surface area (Å²) in [6.07, 6.45) is 2.79. The molecule has 2 N–H and O–H groups in total. The second-order valence-electron chi connectivity index (χ2n) is 3.64. The summed E-state index contributed by atoms with van der Waals surface area (Å²) in [5, 5.41) is 0. The molecule has 1 aromatic heterocycles. The van der Waals surface area contributed by atoms with Crippen LogP contribution in [-0.4, -0.2) is 17.9 Å². The topological polar surface area (TPSA) is 65.2 Å². The first-order valence-corrected chi connectivity index (χ1v) is 5.21. The van der Waals surface area contributed by atoms with Gasteiger partial charge in [-0.2, -0.15) is 0 Å². The van der Waals surface area contributed by atoms with Gasteiger partial charge in [0.15, 0.2) is 5.78 Å². The standard InChI is InChI=1S/C13H11FN2O2/c1-18-8-2-3-9(11(14)6-8)13(17)10-7-16-5-4-12(10)15/h2-7H,1H3,(H2,15,16). The first kappa shape index (κ1) is 12.0. The zero-order chi connectivity index (χ0) is 13.1. The lowest BCUT2D eigenvalue weighted by molar-refractivity contribution is 0.103. The van der Waals surface area contributed by atoms with E-state index in [1.165, 1.54) is 37.7 Å². The van der Waals surface area contributed by atoms with Gasteiger partial charge in [0.2, 0.25) is 0 Å². The van der Waals surface area contributed by atoms with E-state index in [-0.39, 0.29) is 16.8 Å². The first-order valence-electron chi connectivity index (χ1n) is 5.21. The highest BCUT2D eigenvalue weighted by Crippen LogP contribution is 2.21. The van der Waals surface area contributed by atoms with Crippen LogP contribution in [0.1, 0.15) is 15.9 Å². The van der Waals surface area contributed by atoms with Gasteiger partial charge in [-0.05, 0) is 18.2 Å². The summed E-state index contributed by atoms with van der Waals surface area (Å²) >= 11 is 0. The highest BCUT2D eigenvalue weighted by molar-refractivity contribution is 6.12. The second-order valence-corrected chi connectivity index (χ2v) is 3.64. The minimum atomic E-state index is -0.650. The monoisotopic (exact) mass is 246 g/mol. The lowest BCUT2D eigenvalue weighted by Crippen LogP contribution is -2.08. The maximum Gasteiger partial charge on any atom is 0.199 e. The van der Waals surface area contributed by atoms with Crippen LogP contribution in [0.25, 0.3) is 0 Å². The van der Waals surface area contributed by atoms with E-state index in [2.05, 4.69) is 4.98 Å². The number of hydrogen-bond acceptors (Lipinski definition) is 4. The van der Waals surface area contributed by atoms with Crippen molar-refractivity contribution in [2.24, 2.45) is 0 Å². The molecule has 1 aromatic carbocycles. The summed E-state index contributed by atoms with van der Waals surface area (Å²) in [5.41, 5.74) is 6.05. The van der Waals surface area contributed by atoms with Gasteiger partial charge in [0, 0.05) is 24.1 Å². The maximum absolute atomic E-state index is 13.7. The number of pyridine rings is 1. The van der Waals surface area contributed by atoms with E-state index in [4.69, 9.17) is 10.5 Å². The second kappa shape index (κ2) is 4.83. The van der Waals surface area contributed by atoms with Crippen molar-refractivity contribution in [3.8, 4) is 5.75 Å². The normalized spacial score (nSPS) is 10.1. The molecule has 0 atom stereocenters. The molecule has 18 heavy (non-hydrogen) atoms. The van der Waals surface area contributed by atoms with Gasteiger partial charge in [0.05, 0.1) is 18.2 Å². The molecule has 1 heterocycles. The van der Waals surface area contributed by atoms with Crippen LogP contribution in [0.2, 0.25) is 0 Å². The Morgan fingerprint density at radius 3 is 2.72 bits per heavy atom. The fourth-order valence-electron chi connectivity index (χ4n) is 1.55. The average Bonchev–Trinajstić information content (AvgIpc) is 2.38. The van der Waals surface area contributed by atoms with Crippen LogP contribution >= 0.6 is 0 Å². The number of ether oxygens (including phenoxy) is 1. The van der Waals surface area contributed by atoms with E-state index in [0.717, 1.165) is 6.07 Å². The van der Waals surface area contributed by atoms with E-state index in [1.807, 2.05) is 0 Å². The number of rotatable bonds is 3. The Bertz CT molecular complexity index is 599. The molecule has 0 radical (unpaired) electrons. The lowest BCUT2D eigenvalue weighted by atomic mass is 10.0. The molecule has 0 saturated heterocycles. The van der Waals surface area contributed by atoms with Crippen molar-refractivity contribution in [2.45, 2.75) is 0 Å². The molecular weight excluding hydrogens is 235 g/mol. The number of aromatic nitrogens is 1. The SMILES string of the molecule is COc1ccc(C(=O)c2cnccc2N)c(F)c1. The zero-order valence-corrected chi connectivity index (χ0v) is 9.68. The Hall–Kier alpha value is -2.43. The number of nitrogen functional groups attached to an aromatic ring is 1. The number of ketones is 1. The summed E-state index contributed by atoms with van der Waals surface area (Å²) in [6, 6.07) is 5.53. The van der Waals surface area contributed by atoms with E-state index < -0.39 is 11.6 Å². The van der Waals surface area contributed by atoms with Crippen molar-refractivity contribution >= 4 is 11.5 Å². The van der Waals surface area contributed by atoms with Gasteiger partial charge in [0.25, 0.3) is 0 Å². The maximum atomic E-state index is 13.7. The van der Waals surface area contributed by atoms with Crippen molar-refractivity contribution in [1.29, 1.82) is 0 Å². The Labute approximate surface area is 103 Å². The molecule has 92 valence electrons. The summed E-state index contributed by atoms with van der Waals surface area (Å²) in [7, 11) is 1.43. The van der Waals surface area contributed by atoms with Crippen molar-refractivity contribution in [3.05, 3.63) is 53.6 Å². The summed E-state index contributed by atoms with van der Waals surface area (Å²) < 4.78 is 18.6. The average molecular weight is 246 g/mol. The summed E-state index contributed by atoms with van der Waals surface area (Å²) in [5.74, 6) is -0.799. The van der Waals surface area contributed by atoms with Crippen molar-refractivity contribution < 1.29 is 13.9 Å². The molecule has 0 fully saturated rings. The number of carbonyl (C=O) groups is 1. The Morgan fingerprint density at radius 1 is 1.33 bits per heavy atom. The number of carbonyl (C=O) groups excluding carboxylic acids is 1. The molecule has 0 unspecified atom stereocenters. The molecule has 0 aliphatic heterocycles. The van der Waals surface area contributed by atoms with E-state index >= 15 is 0 Å². The molecule has 0 amide bonds. The Balaban J connectivity index is 2.44. The van der Waals surface area contributed by atoms with Crippen LogP contribution in [0.5, 0.6) is 5.75 Å². The molecule has 0 aliphatic rings. The van der Waals surface area contributed by atoms with Gasteiger partial charge >= 0.3 is 0 Å². The number of nitrogens with zero attached hydrogens (tertiary/aromatic N) is 1. The molecule has 0 aliphatic carbocycles. The van der Waals surface area contributed by atoms with E-state index in [0.29, 0.717) is 5.75 Å². The van der Waals surface area contributed by atoms with Crippen molar-refractivity contribution in [2.75, 3.05) is 12.8 Å². The van der Waals surface area contributed by atoms with Gasteiger partial charge in [-0.15, -0.1) is 0 Å². The van der Waals surface area contributed by atoms with Gasteiger partial charge in [-0.3, -0.25) is 9.78 Å². The predicted molar refractivity (Wildman–Crippen MR) is 65.0 cm³/mol. The van der Waals surface area contributed by atoms with Crippen LogP contribution in [0.15, 0.2) is 36.7 Å². The van der Waals surface area contributed by atoms with Crippen LogP contribution in [0, 0.1) is 5.82 Å². The number of methoxy groups -OCH3 is 1. The quantitative estimate of drug-likeness (QED) is 0.842. The molecular formula is C13H11FN2O2. The molecule has 0 saturated carbocycles. The minimum Gasteiger partial charge on any atom is -0.497 e. The van der Waals surface area contributed by atoms with Crippen molar-refractivity contribution in [1.82, 2.24) is 4.98 Å². The molecule has 5 heteroatoms. The molecule has 0 spiro atoms. The largest absolute Gasteiger partial charge is 0.497 e. The third kappa shape index (κ3) is 2.15. The fourth-order valence-corrected chi connectivity index (χ4v) is 1.55. The van der Waals surface area contributed by atoms with Crippen LogP contribution in [0.3, 0.4) is 0 Å². The highest BCUT2D eigenvalue weighted by atomic mass is 19.1. The summed E-state index contributed by atoms with van der Waals surface area (Å²) in [4.78, 5) is 15.9. The van der Waals surface area contributed by atoms with Crippen LogP contribution < -0.4 is 10.5 Å². The van der Waals surface area contributed by atoms with E-state index in [1.54, 1.807) is 0 Å². The lowest BCUT2D eigenvalue weighted by Gasteiger charge is -2.06. The number of halogens is 1. The van der Waals surface area contributed by atoms with Gasteiger partial charge < -0.3 is 10.5 Å². The third-order valence-electron chi connectivity index (χ3n) is 2.52. The number of benzene rings is 1. The highest BCUT2D eigenvalue weighted by Gasteiger charge is 2.17. The zero-order valence-electron chi connectivity index (χ0n) is 9.68. The van der Waals surface area contributed by atoms with Crippen molar-refractivity contribution in [3.63, 3.8) is 0 Å². The van der Waals surface area contributed by atoms with Crippen LogP contribution in [0.4, 0.5) is 10.1 Å². The third-order valence-corrected chi connectivity index (χ3v) is 2.52. The number of nitrogens with two attached hydrogens (primary N) is 1. The molecule has 4 nitrogen and oxygen atoms in total. The number of anilines is 1. The predicted octanol–water partition coefficient (Wildman–Crippen LogP) is 2.04. The van der Waals surface area contributed by atoms with E-state index in [9.17, 15) is 9.18 Å². The molecule has 0 bridgehead atoms. The van der Waals surface area contributed by atoms with Gasteiger partial charge in [-0.1, -0.05) is 0 Å². The summed E-state index contributed by atoms with van der Waals surface area (Å²) in [6.45, 7) is 0. The van der Waals surface area contributed by atoms with Crippen LogP contribution in [-0.2, 0) is 0 Å². The smallest absolute Gasteiger partial charge is 0.199 e. The Kier molecular flexibility index (Phi) is 3.23. The van der Waals surface area contributed by atoms with Gasteiger partial charge in [0.1, 0.15) is 11.6 Å². The molecule has 2 aromatic rings. The first-order chi connectivity index (χ1) is 8.63. The molecule has 2 rings (SSSR count).